The summed E-state index contributed by atoms with van der Waals surface area (Å²) < 4.78 is 4.72. The number of aliphatic hydroxyl groups excluding tert-OH is 1. The van der Waals surface area contributed by atoms with Crippen LogP contribution in [-0.4, -0.2) is 54.6 Å². The first-order valence-corrected chi connectivity index (χ1v) is 7.81. The molecule has 0 unspecified atom stereocenters. The number of methoxy groups -OCH3 is 1. The molecule has 0 radical (unpaired) electrons. The summed E-state index contributed by atoms with van der Waals surface area (Å²) in [6.07, 6.45) is 0. The second-order valence-corrected chi connectivity index (χ2v) is 5.70. The van der Waals surface area contributed by atoms with Crippen molar-refractivity contribution in [2.45, 2.75) is 6.92 Å². The average Bonchev–Trinajstić information content (AvgIpc) is 2.86. The monoisotopic (exact) mass is 367 g/mol. The molecule has 0 aromatic heterocycles. The zero-order valence-corrected chi connectivity index (χ0v) is 14.5. The second-order valence-electron chi connectivity index (χ2n) is 5.30. The number of hydrogen-bond donors (Lipinski definition) is 3. The standard InChI is InChI=1S/C16H18ClN3O5/c1-9(22)18-10-3-4-12(17)13(7-10)19-14-11(16(24)25-2)8-20(5-6-21)15(14)23/h3-4,7,19,21H,5-6,8H2,1-2H3,(H,18,22). The van der Waals surface area contributed by atoms with Crippen molar-refractivity contribution in [3.8, 4) is 0 Å². The van der Waals surface area contributed by atoms with Crippen molar-refractivity contribution in [2.24, 2.45) is 0 Å². The van der Waals surface area contributed by atoms with Crippen LogP contribution < -0.4 is 10.6 Å². The molecular formula is C16H18ClN3O5. The molecule has 8 nitrogen and oxygen atoms in total. The maximum absolute atomic E-state index is 12.5. The predicted molar refractivity (Wildman–Crippen MR) is 92.1 cm³/mol. The van der Waals surface area contributed by atoms with E-state index in [-0.39, 0.29) is 36.9 Å². The quantitative estimate of drug-likeness (QED) is 0.647. The fraction of sp³-hybridized carbons (Fsp3) is 0.312. The largest absolute Gasteiger partial charge is 0.466 e. The van der Waals surface area contributed by atoms with Gasteiger partial charge in [-0.15, -0.1) is 0 Å². The number of benzene rings is 1. The molecule has 2 rings (SSSR count). The van der Waals surface area contributed by atoms with Crippen LogP contribution in [0.15, 0.2) is 29.5 Å². The molecule has 0 spiro atoms. The summed E-state index contributed by atoms with van der Waals surface area (Å²) in [5.74, 6) is -1.35. The van der Waals surface area contributed by atoms with Gasteiger partial charge in [-0.25, -0.2) is 4.79 Å². The third-order valence-electron chi connectivity index (χ3n) is 3.50. The van der Waals surface area contributed by atoms with E-state index in [1.54, 1.807) is 18.2 Å². The number of ether oxygens (including phenoxy) is 1. The number of esters is 1. The number of hydrogen-bond acceptors (Lipinski definition) is 6. The van der Waals surface area contributed by atoms with Crippen LogP contribution in [0, 0.1) is 0 Å². The number of anilines is 2. The Bertz CT molecular complexity index is 747. The van der Waals surface area contributed by atoms with E-state index < -0.39 is 11.9 Å². The summed E-state index contributed by atoms with van der Waals surface area (Å²) in [7, 11) is 1.22. The van der Waals surface area contributed by atoms with E-state index in [0.717, 1.165) is 0 Å². The molecule has 1 aliphatic heterocycles. The van der Waals surface area contributed by atoms with Gasteiger partial charge in [-0.05, 0) is 18.2 Å². The molecule has 0 saturated heterocycles. The molecule has 0 atom stereocenters. The molecule has 1 aromatic carbocycles. The molecule has 0 bridgehead atoms. The molecule has 2 amide bonds. The van der Waals surface area contributed by atoms with Crippen LogP contribution >= 0.6 is 11.6 Å². The SMILES string of the molecule is COC(=O)C1=C(Nc2cc(NC(C)=O)ccc2Cl)C(=O)N(CCO)C1. The highest BCUT2D eigenvalue weighted by Crippen LogP contribution is 2.29. The first-order valence-electron chi connectivity index (χ1n) is 7.43. The van der Waals surface area contributed by atoms with Gasteiger partial charge in [0.25, 0.3) is 5.91 Å². The third kappa shape index (κ3) is 4.28. The number of rotatable bonds is 6. The van der Waals surface area contributed by atoms with Gasteiger partial charge in [-0.1, -0.05) is 11.6 Å². The number of nitrogens with one attached hydrogen (secondary N) is 2. The highest BCUT2D eigenvalue weighted by Gasteiger charge is 2.34. The molecular weight excluding hydrogens is 350 g/mol. The van der Waals surface area contributed by atoms with Crippen LogP contribution in [-0.2, 0) is 19.1 Å². The fourth-order valence-corrected chi connectivity index (χ4v) is 2.55. The number of halogens is 1. The summed E-state index contributed by atoms with van der Waals surface area (Å²) in [4.78, 5) is 36.9. The molecule has 1 aromatic rings. The van der Waals surface area contributed by atoms with Crippen LogP contribution in [0.3, 0.4) is 0 Å². The van der Waals surface area contributed by atoms with Crippen molar-refractivity contribution in [2.75, 3.05) is 37.4 Å². The highest BCUT2D eigenvalue weighted by molar-refractivity contribution is 6.33. The maximum atomic E-state index is 12.5. The third-order valence-corrected chi connectivity index (χ3v) is 3.83. The molecule has 9 heteroatoms. The number of amides is 2. The normalized spacial score (nSPS) is 13.9. The Balaban J connectivity index is 2.36. The molecule has 1 aliphatic rings. The summed E-state index contributed by atoms with van der Waals surface area (Å²) >= 11 is 6.14. The Kier molecular flexibility index (Phi) is 6.00. The topological polar surface area (TPSA) is 108 Å². The minimum Gasteiger partial charge on any atom is -0.466 e. The number of carbonyl (C=O) groups excluding carboxylic acids is 3. The van der Waals surface area contributed by atoms with Gasteiger partial charge in [0.05, 0.1) is 36.5 Å². The van der Waals surface area contributed by atoms with E-state index >= 15 is 0 Å². The molecule has 25 heavy (non-hydrogen) atoms. The van der Waals surface area contributed by atoms with Crippen LogP contribution in [0.2, 0.25) is 5.02 Å². The smallest absolute Gasteiger partial charge is 0.337 e. The summed E-state index contributed by atoms with van der Waals surface area (Å²) in [5.41, 5.74) is 1.00. The molecule has 134 valence electrons. The number of nitrogens with zero attached hydrogens (tertiary/aromatic N) is 1. The number of carbonyl (C=O) groups is 3. The molecule has 1 heterocycles. The van der Waals surface area contributed by atoms with Gasteiger partial charge in [-0.2, -0.15) is 0 Å². The lowest BCUT2D eigenvalue weighted by Crippen LogP contribution is -2.31. The average molecular weight is 368 g/mol. The summed E-state index contributed by atoms with van der Waals surface area (Å²) in [6.45, 7) is 1.25. The Morgan fingerprint density at radius 1 is 1.40 bits per heavy atom. The van der Waals surface area contributed by atoms with E-state index in [2.05, 4.69) is 10.6 Å². The van der Waals surface area contributed by atoms with Gasteiger partial charge in [0.1, 0.15) is 5.70 Å². The van der Waals surface area contributed by atoms with Crippen LogP contribution in [0.25, 0.3) is 0 Å². The predicted octanol–water partition coefficient (Wildman–Crippen LogP) is 0.972. The first kappa shape index (κ1) is 18.8. The Hall–Kier alpha value is -2.58. The molecule has 3 N–H and O–H groups in total. The fourth-order valence-electron chi connectivity index (χ4n) is 2.39. The van der Waals surface area contributed by atoms with Crippen LogP contribution in [0.4, 0.5) is 11.4 Å². The van der Waals surface area contributed by atoms with Gasteiger partial charge in [0, 0.05) is 19.2 Å². The number of aliphatic hydroxyl groups is 1. The number of β-amino-alcohol motifs (C(OH)–C–C–N with tert-alkyl or cyclic N) is 1. The van der Waals surface area contributed by atoms with E-state index in [1.807, 2.05) is 0 Å². The Morgan fingerprint density at radius 2 is 2.12 bits per heavy atom. The minimum absolute atomic E-state index is 0.0252. The zero-order chi connectivity index (χ0) is 18.6. The van der Waals surface area contributed by atoms with Gasteiger partial charge in [0.15, 0.2) is 0 Å². The highest BCUT2D eigenvalue weighted by atomic mass is 35.5. The van der Waals surface area contributed by atoms with E-state index in [4.69, 9.17) is 21.4 Å². The van der Waals surface area contributed by atoms with Crippen molar-refractivity contribution in [1.29, 1.82) is 0 Å². The van der Waals surface area contributed by atoms with Crippen molar-refractivity contribution >= 4 is 40.8 Å². The lowest BCUT2D eigenvalue weighted by molar-refractivity contribution is -0.136. The molecule has 0 saturated carbocycles. The molecule has 0 aliphatic carbocycles. The van der Waals surface area contributed by atoms with E-state index in [1.165, 1.54) is 18.9 Å². The Labute approximate surface area is 149 Å². The van der Waals surface area contributed by atoms with Gasteiger partial charge >= 0.3 is 5.97 Å². The minimum atomic E-state index is -0.648. The summed E-state index contributed by atoms with van der Waals surface area (Å²) in [6, 6.07) is 4.71. The lowest BCUT2D eigenvalue weighted by atomic mass is 10.2. The Morgan fingerprint density at radius 3 is 2.72 bits per heavy atom. The zero-order valence-electron chi connectivity index (χ0n) is 13.8. The van der Waals surface area contributed by atoms with Crippen molar-refractivity contribution in [3.05, 3.63) is 34.5 Å². The lowest BCUT2D eigenvalue weighted by Gasteiger charge is -2.15. The van der Waals surface area contributed by atoms with Crippen molar-refractivity contribution < 1.29 is 24.2 Å². The van der Waals surface area contributed by atoms with E-state index in [0.29, 0.717) is 16.4 Å². The van der Waals surface area contributed by atoms with E-state index in [9.17, 15) is 14.4 Å². The van der Waals surface area contributed by atoms with Gasteiger partial charge in [-0.3, -0.25) is 9.59 Å². The van der Waals surface area contributed by atoms with Crippen molar-refractivity contribution in [1.82, 2.24) is 4.90 Å². The molecule has 0 fully saturated rings. The summed E-state index contributed by atoms with van der Waals surface area (Å²) in [5, 5.41) is 14.8. The van der Waals surface area contributed by atoms with Crippen LogP contribution in [0.1, 0.15) is 6.92 Å². The van der Waals surface area contributed by atoms with Gasteiger partial charge < -0.3 is 25.4 Å². The van der Waals surface area contributed by atoms with Gasteiger partial charge in [0.2, 0.25) is 5.91 Å². The maximum Gasteiger partial charge on any atom is 0.337 e. The first-order chi connectivity index (χ1) is 11.9. The second kappa shape index (κ2) is 8.00. The van der Waals surface area contributed by atoms with Crippen molar-refractivity contribution in [3.63, 3.8) is 0 Å². The van der Waals surface area contributed by atoms with Crippen LogP contribution in [0.5, 0.6) is 0 Å².